The zero-order valence-corrected chi connectivity index (χ0v) is 14.4. The van der Waals surface area contributed by atoms with Crippen molar-refractivity contribution < 1.29 is 0 Å². The van der Waals surface area contributed by atoms with E-state index in [1.165, 1.54) is 4.88 Å². The number of halogens is 2. The van der Waals surface area contributed by atoms with Gasteiger partial charge in [-0.05, 0) is 45.1 Å². The van der Waals surface area contributed by atoms with E-state index in [0.29, 0.717) is 5.02 Å². The fraction of sp³-hybridized carbons (Fsp3) is 0.333. The molecule has 1 aromatic carbocycles. The molecule has 2 N–H and O–H groups in total. The van der Waals surface area contributed by atoms with E-state index in [-0.39, 0.29) is 11.5 Å². The second-order valence-corrected chi connectivity index (χ2v) is 7.92. The first-order valence-corrected chi connectivity index (χ1v) is 8.09. The molecule has 19 heavy (non-hydrogen) atoms. The van der Waals surface area contributed by atoms with E-state index in [1.807, 2.05) is 18.2 Å². The van der Waals surface area contributed by atoms with Gasteiger partial charge in [-0.1, -0.05) is 44.5 Å². The Morgan fingerprint density at radius 3 is 2.47 bits per heavy atom. The highest BCUT2D eigenvalue weighted by atomic mass is 79.9. The Bertz CT molecular complexity index is 586. The summed E-state index contributed by atoms with van der Waals surface area (Å²) >= 11 is 11.5. The van der Waals surface area contributed by atoms with Gasteiger partial charge in [-0.2, -0.15) is 0 Å². The highest BCUT2D eigenvalue weighted by Crippen LogP contribution is 2.37. The quantitative estimate of drug-likeness (QED) is 0.752. The third-order valence-corrected chi connectivity index (χ3v) is 5.89. The molecule has 0 bridgehead atoms. The van der Waals surface area contributed by atoms with Crippen molar-refractivity contribution >= 4 is 38.9 Å². The Kier molecular flexibility index (Phi) is 4.41. The van der Waals surface area contributed by atoms with Crippen molar-refractivity contribution in [2.24, 2.45) is 5.73 Å². The van der Waals surface area contributed by atoms with Crippen LogP contribution in [0.25, 0.3) is 0 Å². The molecule has 1 atom stereocenters. The minimum absolute atomic E-state index is 0.156. The lowest BCUT2D eigenvalue weighted by molar-refractivity contribution is 0.604. The van der Waals surface area contributed by atoms with Crippen molar-refractivity contribution in [2.75, 3.05) is 0 Å². The van der Waals surface area contributed by atoms with Crippen LogP contribution in [0.4, 0.5) is 0 Å². The third-order valence-electron chi connectivity index (χ3n) is 2.99. The molecule has 0 fully saturated rings. The predicted molar refractivity (Wildman–Crippen MR) is 88.2 cm³/mol. The summed E-state index contributed by atoms with van der Waals surface area (Å²) in [5.74, 6) is 0. The third kappa shape index (κ3) is 3.22. The molecule has 1 aromatic heterocycles. The molecule has 0 saturated heterocycles. The van der Waals surface area contributed by atoms with Gasteiger partial charge in [-0.25, -0.2) is 0 Å². The molecule has 0 aliphatic rings. The van der Waals surface area contributed by atoms with E-state index in [2.05, 4.69) is 48.8 Å². The van der Waals surface area contributed by atoms with Gasteiger partial charge in [0.25, 0.3) is 0 Å². The maximum absolute atomic E-state index is 6.35. The van der Waals surface area contributed by atoms with Gasteiger partial charge in [0.05, 0.1) is 11.1 Å². The number of nitrogens with two attached hydrogens (primary N) is 1. The Labute approximate surface area is 131 Å². The van der Waals surface area contributed by atoms with Gasteiger partial charge in [-0.15, -0.1) is 11.3 Å². The molecule has 1 nitrogen and oxygen atoms in total. The highest BCUT2D eigenvalue weighted by Gasteiger charge is 2.20. The van der Waals surface area contributed by atoms with E-state index in [1.54, 1.807) is 11.3 Å². The van der Waals surface area contributed by atoms with Crippen molar-refractivity contribution in [1.82, 2.24) is 0 Å². The Morgan fingerprint density at radius 2 is 1.89 bits per heavy atom. The van der Waals surface area contributed by atoms with Crippen molar-refractivity contribution in [3.8, 4) is 0 Å². The monoisotopic (exact) mass is 357 g/mol. The minimum atomic E-state index is -0.175. The smallest absolute Gasteiger partial charge is 0.0661 e. The van der Waals surface area contributed by atoms with Gasteiger partial charge in [0.2, 0.25) is 0 Å². The summed E-state index contributed by atoms with van der Waals surface area (Å²) in [7, 11) is 0. The van der Waals surface area contributed by atoms with E-state index in [4.69, 9.17) is 17.3 Å². The maximum Gasteiger partial charge on any atom is 0.0661 e. The molecule has 4 heteroatoms. The van der Waals surface area contributed by atoms with Crippen LogP contribution in [-0.4, -0.2) is 0 Å². The molecule has 2 rings (SSSR count). The number of hydrogen-bond acceptors (Lipinski definition) is 2. The van der Waals surface area contributed by atoms with Gasteiger partial charge >= 0.3 is 0 Å². The molecule has 0 saturated carbocycles. The normalized spacial score (nSPS) is 13.6. The minimum Gasteiger partial charge on any atom is -0.320 e. The van der Waals surface area contributed by atoms with Gasteiger partial charge in [0.15, 0.2) is 0 Å². The van der Waals surface area contributed by atoms with Crippen molar-refractivity contribution in [2.45, 2.75) is 32.2 Å². The number of benzene rings is 1. The number of hydrogen-bond donors (Lipinski definition) is 1. The molecule has 0 aliphatic heterocycles. The molecular weight excluding hydrogens is 342 g/mol. The van der Waals surface area contributed by atoms with Crippen LogP contribution in [0.5, 0.6) is 0 Å². The molecule has 0 amide bonds. The summed E-state index contributed by atoms with van der Waals surface area (Å²) < 4.78 is 0.884. The molecular formula is C15H17BrClNS. The van der Waals surface area contributed by atoms with Gasteiger partial charge < -0.3 is 5.73 Å². The van der Waals surface area contributed by atoms with Crippen molar-refractivity contribution in [3.05, 3.63) is 55.1 Å². The van der Waals surface area contributed by atoms with E-state index >= 15 is 0 Å². The predicted octanol–water partition coefficient (Wildman–Crippen LogP) is 5.51. The van der Waals surface area contributed by atoms with Gasteiger partial charge in [-0.3, -0.25) is 0 Å². The molecule has 2 aromatic rings. The Hall–Kier alpha value is -0.350. The first-order valence-electron chi connectivity index (χ1n) is 6.10. The second-order valence-electron chi connectivity index (χ2n) is 5.57. The van der Waals surface area contributed by atoms with E-state index in [0.717, 1.165) is 14.9 Å². The second kappa shape index (κ2) is 5.57. The van der Waals surface area contributed by atoms with Crippen LogP contribution in [0.15, 0.2) is 34.8 Å². The fourth-order valence-corrected chi connectivity index (χ4v) is 3.55. The van der Waals surface area contributed by atoms with E-state index in [9.17, 15) is 0 Å². The zero-order valence-electron chi connectivity index (χ0n) is 11.2. The molecule has 0 aliphatic carbocycles. The van der Waals surface area contributed by atoms with Crippen molar-refractivity contribution in [3.63, 3.8) is 0 Å². The first-order chi connectivity index (χ1) is 8.80. The summed E-state index contributed by atoms with van der Waals surface area (Å²) in [6, 6.07) is 9.95. The highest BCUT2D eigenvalue weighted by molar-refractivity contribution is 9.10. The van der Waals surface area contributed by atoms with Crippen LogP contribution in [0, 0.1) is 0 Å². The fourth-order valence-electron chi connectivity index (χ4n) is 1.84. The van der Waals surface area contributed by atoms with Gasteiger partial charge in [0, 0.05) is 14.2 Å². The summed E-state index contributed by atoms with van der Waals surface area (Å²) in [6.45, 7) is 6.63. The molecule has 0 spiro atoms. The van der Waals surface area contributed by atoms with Gasteiger partial charge in [0.1, 0.15) is 0 Å². The standard InChI is InChI=1S/C15H17BrClNS/c1-15(2,3)12-8-7-11(19-12)14(18)9-5-4-6-10(16)13(9)17/h4-8,14H,18H2,1-3H3. The maximum atomic E-state index is 6.35. The average molecular weight is 359 g/mol. The molecule has 1 heterocycles. The van der Waals surface area contributed by atoms with E-state index < -0.39 is 0 Å². The molecule has 102 valence electrons. The number of thiophene rings is 1. The topological polar surface area (TPSA) is 26.0 Å². The van der Waals surface area contributed by atoms with Crippen LogP contribution in [0.2, 0.25) is 5.02 Å². The summed E-state index contributed by atoms with van der Waals surface area (Å²) in [4.78, 5) is 2.48. The zero-order chi connectivity index (χ0) is 14.2. The summed E-state index contributed by atoms with van der Waals surface area (Å²) in [6.07, 6.45) is 0. The Balaban J connectivity index is 2.37. The van der Waals surface area contributed by atoms with Crippen LogP contribution in [-0.2, 0) is 5.41 Å². The lowest BCUT2D eigenvalue weighted by Gasteiger charge is -2.16. The summed E-state index contributed by atoms with van der Waals surface area (Å²) in [5.41, 5.74) is 7.46. The van der Waals surface area contributed by atoms with Crippen LogP contribution in [0.1, 0.15) is 42.1 Å². The average Bonchev–Trinajstić information content (AvgIpc) is 2.81. The molecule has 0 radical (unpaired) electrons. The first kappa shape index (κ1) is 15.0. The SMILES string of the molecule is CC(C)(C)c1ccc(C(N)c2cccc(Br)c2Cl)s1. The van der Waals surface area contributed by atoms with Crippen LogP contribution >= 0.6 is 38.9 Å². The molecule has 1 unspecified atom stereocenters. The van der Waals surface area contributed by atoms with Crippen molar-refractivity contribution in [1.29, 1.82) is 0 Å². The largest absolute Gasteiger partial charge is 0.320 e. The van der Waals surface area contributed by atoms with Crippen LogP contribution < -0.4 is 5.73 Å². The Morgan fingerprint density at radius 1 is 1.21 bits per heavy atom. The number of rotatable bonds is 2. The summed E-state index contributed by atoms with van der Waals surface area (Å²) in [5, 5.41) is 0.695. The lowest BCUT2D eigenvalue weighted by Crippen LogP contribution is -2.11. The lowest BCUT2D eigenvalue weighted by atomic mass is 9.95. The van der Waals surface area contributed by atoms with Crippen LogP contribution in [0.3, 0.4) is 0 Å².